The largest absolute Gasteiger partial charge is 0.245 e. The Morgan fingerprint density at radius 3 is 2.21 bits per heavy atom. The molecule has 0 aliphatic rings. The van der Waals surface area contributed by atoms with Crippen LogP contribution in [0.4, 0.5) is 0 Å². The average Bonchev–Trinajstić information content (AvgIpc) is 2.98. The van der Waals surface area contributed by atoms with Crippen molar-refractivity contribution < 1.29 is 0 Å². The SMILES string of the molecule is CC(c1ccccc1)n1cc(-c2ccccc2)nn1. The highest BCUT2D eigenvalue weighted by atomic mass is 15.4. The molecule has 94 valence electrons. The summed E-state index contributed by atoms with van der Waals surface area (Å²) in [7, 11) is 0. The Morgan fingerprint density at radius 1 is 0.895 bits per heavy atom. The molecule has 0 spiro atoms. The first-order chi connectivity index (χ1) is 9.34. The maximum Gasteiger partial charge on any atom is 0.113 e. The maximum absolute atomic E-state index is 4.25. The molecule has 1 unspecified atom stereocenters. The van der Waals surface area contributed by atoms with E-state index in [0.29, 0.717) is 0 Å². The molecule has 0 saturated heterocycles. The monoisotopic (exact) mass is 249 g/mol. The van der Waals surface area contributed by atoms with Crippen molar-refractivity contribution in [2.24, 2.45) is 0 Å². The fourth-order valence-corrected chi connectivity index (χ4v) is 2.09. The zero-order valence-electron chi connectivity index (χ0n) is 10.8. The van der Waals surface area contributed by atoms with Gasteiger partial charge >= 0.3 is 0 Å². The van der Waals surface area contributed by atoms with Crippen LogP contribution in [0.3, 0.4) is 0 Å². The van der Waals surface area contributed by atoms with E-state index in [4.69, 9.17) is 0 Å². The molecule has 1 heterocycles. The van der Waals surface area contributed by atoms with Crippen molar-refractivity contribution >= 4 is 0 Å². The second kappa shape index (κ2) is 5.06. The highest BCUT2D eigenvalue weighted by Crippen LogP contribution is 2.20. The molecular formula is C16H15N3. The first kappa shape index (κ1) is 11.7. The lowest BCUT2D eigenvalue weighted by Crippen LogP contribution is -2.07. The lowest BCUT2D eigenvalue weighted by atomic mass is 10.1. The Balaban J connectivity index is 1.90. The van der Waals surface area contributed by atoms with E-state index in [1.54, 1.807) is 0 Å². The molecule has 3 rings (SSSR count). The van der Waals surface area contributed by atoms with Crippen LogP contribution in [0.2, 0.25) is 0 Å². The number of rotatable bonds is 3. The van der Waals surface area contributed by atoms with Gasteiger partial charge in [0, 0.05) is 5.56 Å². The number of hydrogen-bond donors (Lipinski definition) is 0. The molecule has 1 aromatic heterocycles. The van der Waals surface area contributed by atoms with Crippen molar-refractivity contribution in [3.63, 3.8) is 0 Å². The molecule has 0 saturated carbocycles. The Bertz CT molecular complexity index is 644. The van der Waals surface area contributed by atoms with E-state index in [1.807, 2.05) is 59.4 Å². The summed E-state index contributed by atoms with van der Waals surface area (Å²) in [6.07, 6.45) is 1.99. The molecule has 19 heavy (non-hydrogen) atoms. The number of benzene rings is 2. The van der Waals surface area contributed by atoms with Gasteiger partial charge in [0.05, 0.1) is 12.2 Å². The number of hydrogen-bond acceptors (Lipinski definition) is 2. The van der Waals surface area contributed by atoms with Crippen LogP contribution in [0.1, 0.15) is 18.5 Å². The molecule has 2 aromatic carbocycles. The fourth-order valence-electron chi connectivity index (χ4n) is 2.09. The standard InChI is InChI=1S/C16H15N3/c1-13(14-8-4-2-5-9-14)19-12-16(17-18-19)15-10-6-3-7-11-15/h2-13H,1H3. The summed E-state index contributed by atoms with van der Waals surface area (Å²) in [6, 6.07) is 20.6. The molecule has 0 aliphatic carbocycles. The third-order valence-corrected chi connectivity index (χ3v) is 3.26. The molecule has 0 N–H and O–H groups in total. The Kier molecular flexibility index (Phi) is 3.11. The quantitative estimate of drug-likeness (QED) is 0.710. The zero-order chi connectivity index (χ0) is 13.1. The van der Waals surface area contributed by atoms with Crippen LogP contribution >= 0.6 is 0 Å². The van der Waals surface area contributed by atoms with E-state index in [0.717, 1.165) is 11.3 Å². The van der Waals surface area contributed by atoms with Crippen LogP contribution in [0.5, 0.6) is 0 Å². The summed E-state index contributed by atoms with van der Waals surface area (Å²) in [6.45, 7) is 2.12. The topological polar surface area (TPSA) is 30.7 Å². The molecule has 0 bridgehead atoms. The van der Waals surface area contributed by atoms with Crippen molar-refractivity contribution in [1.29, 1.82) is 0 Å². The Hall–Kier alpha value is -2.42. The van der Waals surface area contributed by atoms with Gasteiger partial charge in [-0.05, 0) is 12.5 Å². The minimum Gasteiger partial charge on any atom is -0.245 e. The molecule has 3 nitrogen and oxygen atoms in total. The van der Waals surface area contributed by atoms with Crippen LogP contribution in [-0.2, 0) is 0 Å². The predicted octanol–water partition coefficient (Wildman–Crippen LogP) is 3.55. The molecule has 0 amide bonds. The van der Waals surface area contributed by atoms with Gasteiger partial charge in [0.1, 0.15) is 5.69 Å². The van der Waals surface area contributed by atoms with Gasteiger partial charge in [0.25, 0.3) is 0 Å². The summed E-state index contributed by atoms with van der Waals surface area (Å²) >= 11 is 0. The Labute approximate surface area is 112 Å². The van der Waals surface area contributed by atoms with Gasteiger partial charge in [-0.1, -0.05) is 65.9 Å². The molecule has 1 atom stereocenters. The van der Waals surface area contributed by atoms with Crippen molar-refractivity contribution in [1.82, 2.24) is 15.0 Å². The van der Waals surface area contributed by atoms with Crippen molar-refractivity contribution in [3.05, 3.63) is 72.4 Å². The Morgan fingerprint density at radius 2 is 1.53 bits per heavy atom. The number of nitrogens with zero attached hydrogens (tertiary/aromatic N) is 3. The molecule has 3 heteroatoms. The second-order valence-electron chi connectivity index (χ2n) is 4.54. The van der Waals surface area contributed by atoms with E-state index in [1.165, 1.54) is 5.56 Å². The third-order valence-electron chi connectivity index (χ3n) is 3.26. The first-order valence-corrected chi connectivity index (χ1v) is 6.37. The summed E-state index contributed by atoms with van der Waals surface area (Å²) in [4.78, 5) is 0. The molecular weight excluding hydrogens is 234 g/mol. The van der Waals surface area contributed by atoms with Gasteiger partial charge in [-0.3, -0.25) is 0 Å². The first-order valence-electron chi connectivity index (χ1n) is 6.37. The van der Waals surface area contributed by atoms with Gasteiger partial charge in [0.15, 0.2) is 0 Å². The fraction of sp³-hybridized carbons (Fsp3) is 0.125. The smallest absolute Gasteiger partial charge is 0.113 e. The maximum atomic E-state index is 4.25. The van der Waals surface area contributed by atoms with E-state index in [2.05, 4.69) is 29.4 Å². The highest BCUT2D eigenvalue weighted by molar-refractivity contribution is 5.57. The zero-order valence-corrected chi connectivity index (χ0v) is 10.8. The van der Waals surface area contributed by atoms with Crippen LogP contribution in [0, 0.1) is 0 Å². The van der Waals surface area contributed by atoms with Crippen LogP contribution < -0.4 is 0 Å². The van der Waals surface area contributed by atoms with Crippen LogP contribution in [0.25, 0.3) is 11.3 Å². The highest BCUT2D eigenvalue weighted by Gasteiger charge is 2.10. The van der Waals surface area contributed by atoms with Crippen molar-refractivity contribution in [2.75, 3.05) is 0 Å². The van der Waals surface area contributed by atoms with Gasteiger partial charge < -0.3 is 0 Å². The van der Waals surface area contributed by atoms with E-state index in [9.17, 15) is 0 Å². The lowest BCUT2D eigenvalue weighted by Gasteiger charge is -2.10. The van der Waals surface area contributed by atoms with Gasteiger partial charge in [-0.2, -0.15) is 0 Å². The average molecular weight is 249 g/mol. The minimum atomic E-state index is 0.186. The lowest BCUT2D eigenvalue weighted by molar-refractivity contribution is 0.543. The van der Waals surface area contributed by atoms with Crippen LogP contribution in [-0.4, -0.2) is 15.0 Å². The van der Waals surface area contributed by atoms with Gasteiger partial charge in [-0.15, -0.1) is 5.10 Å². The number of aromatic nitrogens is 3. The summed E-state index contributed by atoms with van der Waals surface area (Å²) in [5, 5.41) is 8.48. The molecule has 3 aromatic rings. The summed E-state index contributed by atoms with van der Waals surface area (Å²) in [5.74, 6) is 0. The molecule has 0 fully saturated rings. The van der Waals surface area contributed by atoms with Crippen molar-refractivity contribution in [3.8, 4) is 11.3 Å². The minimum absolute atomic E-state index is 0.186. The molecule has 0 aliphatic heterocycles. The second-order valence-corrected chi connectivity index (χ2v) is 4.54. The van der Waals surface area contributed by atoms with Gasteiger partial charge in [-0.25, -0.2) is 4.68 Å². The van der Waals surface area contributed by atoms with E-state index in [-0.39, 0.29) is 6.04 Å². The van der Waals surface area contributed by atoms with E-state index < -0.39 is 0 Å². The molecule has 0 radical (unpaired) electrons. The van der Waals surface area contributed by atoms with E-state index >= 15 is 0 Å². The third kappa shape index (κ3) is 2.40. The summed E-state index contributed by atoms with van der Waals surface area (Å²) < 4.78 is 1.90. The summed E-state index contributed by atoms with van der Waals surface area (Å²) in [5.41, 5.74) is 3.23. The van der Waals surface area contributed by atoms with Gasteiger partial charge in [0.2, 0.25) is 0 Å². The predicted molar refractivity (Wildman–Crippen MR) is 75.7 cm³/mol. The normalized spacial score (nSPS) is 12.3. The van der Waals surface area contributed by atoms with Crippen molar-refractivity contribution in [2.45, 2.75) is 13.0 Å². The van der Waals surface area contributed by atoms with Crippen LogP contribution in [0.15, 0.2) is 66.9 Å².